The van der Waals surface area contributed by atoms with Gasteiger partial charge in [-0.25, -0.2) is 4.79 Å². The molecular formula is C27H41NO4Si. The van der Waals surface area contributed by atoms with E-state index in [-0.39, 0.29) is 17.2 Å². The van der Waals surface area contributed by atoms with Crippen LogP contribution in [0.2, 0.25) is 18.1 Å². The number of carbonyl (C=O) groups is 1. The molecule has 0 radical (unpaired) electrons. The van der Waals surface area contributed by atoms with E-state index in [0.29, 0.717) is 19.7 Å². The lowest BCUT2D eigenvalue weighted by molar-refractivity contribution is 0.00903. The van der Waals surface area contributed by atoms with E-state index < -0.39 is 13.9 Å². The zero-order valence-corrected chi connectivity index (χ0v) is 22.6. The average molecular weight is 472 g/mol. The summed E-state index contributed by atoms with van der Waals surface area (Å²) in [5.74, 6) is 0.785. The quantitative estimate of drug-likeness (QED) is 0.374. The first-order valence-electron chi connectivity index (χ1n) is 11.6. The van der Waals surface area contributed by atoms with Crippen LogP contribution in [0.1, 0.15) is 47.1 Å². The van der Waals surface area contributed by atoms with Crippen LogP contribution in [0.3, 0.4) is 0 Å². The van der Waals surface area contributed by atoms with Gasteiger partial charge in [-0.1, -0.05) is 69.3 Å². The van der Waals surface area contributed by atoms with Gasteiger partial charge in [-0.05, 0) is 56.6 Å². The van der Waals surface area contributed by atoms with Crippen molar-refractivity contribution < 1.29 is 18.7 Å². The third-order valence-corrected chi connectivity index (χ3v) is 10.3. The van der Waals surface area contributed by atoms with Crippen LogP contribution in [0.15, 0.2) is 60.7 Å². The summed E-state index contributed by atoms with van der Waals surface area (Å²) >= 11 is 0. The molecule has 0 aliphatic rings. The molecule has 0 saturated heterocycles. The van der Waals surface area contributed by atoms with E-state index in [0.717, 1.165) is 11.3 Å². The van der Waals surface area contributed by atoms with Gasteiger partial charge in [0.1, 0.15) is 18.0 Å². The maximum absolute atomic E-state index is 13.2. The molecule has 0 heterocycles. The Kier molecular flexibility index (Phi) is 9.15. The minimum Gasteiger partial charge on any atom is -0.491 e. The van der Waals surface area contributed by atoms with Crippen LogP contribution < -0.4 is 4.74 Å². The highest BCUT2D eigenvalue weighted by atomic mass is 28.4. The number of para-hydroxylation sites is 1. The fourth-order valence-corrected chi connectivity index (χ4v) is 4.33. The lowest BCUT2D eigenvalue weighted by Crippen LogP contribution is -2.50. The average Bonchev–Trinajstić information content (AvgIpc) is 2.70. The van der Waals surface area contributed by atoms with Crippen molar-refractivity contribution in [1.29, 1.82) is 0 Å². The van der Waals surface area contributed by atoms with Gasteiger partial charge in [0, 0.05) is 6.54 Å². The van der Waals surface area contributed by atoms with E-state index in [1.165, 1.54) is 0 Å². The Morgan fingerprint density at radius 3 is 1.97 bits per heavy atom. The molecule has 2 aromatic carbocycles. The van der Waals surface area contributed by atoms with Gasteiger partial charge >= 0.3 is 6.09 Å². The minimum absolute atomic E-state index is 0.0359. The summed E-state index contributed by atoms with van der Waals surface area (Å²) in [6.45, 7) is 17.9. The second-order valence-electron chi connectivity index (χ2n) is 11.0. The molecule has 2 rings (SSSR count). The molecule has 0 aliphatic carbocycles. The predicted octanol–water partition coefficient (Wildman–Crippen LogP) is 6.89. The Morgan fingerprint density at radius 2 is 1.45 bits per heavy atom. The van der Waals surface area contributed by atoms with Crippen molar-refractivity contribution in [3.63, 3.8) is 0 Å². The summed E-state index contributed by atoms with van der Waals surface area (Å²) < 4.78 is 18.5. The van der Waals surface area contributed by atoms with Crippen molar-refractivity contribution >= 4 is 14.4 Å². The van der Waals surface area contributed by atoms with Gasteiger partial charge in [0.2, 0.25) is 0 Å². The Balaban J connectivity index is 2.27. The van der Waals surface area contributed by atoms with Gasteiger partial charge < -0.3 is 18.8 Å². The van der Waals surface area contributed by atoms with E-state index in [9.17, 15) is 4.79 Å². The lowest BCUT2D eigenvalue weighted by Gasteiger charge is -2.40. The maximum Gasteiger partial charge on any atom is 0.410 e. The third-order valence-electron chi connectivity index (χ3n) is 5.74. The van der Waals surface area contributed by atoms with Crippen molar-refractivity contribution in [2.24, 2.45) is 0 Å². The van der Waals surface area contributed by atoms with Crippen molar-refractivity contribution in [1.82, 2.24) is 4.90 Å². The molecule has 0 aromatic heterocycles. The molecule has 33 heavy (non-hydrogen) atoms. The Labute approximate surface area is 201 Å². The number of carbonyl (C=O) groups excluding carboxylic acids is 1. The van der Waals surface area contributed by atoms with Crippen LogP contribution in [0.5, 0.6) is 5.75 Å². The van der Waals surface area contributed by atoms with E-state index in [4.69, 9.17) is 13.9 Å². The number of hydrogen-bond donors (Lipinski definition) is 0. The number of ether oxygens (including phenoxy) is 2. The first-order chi connectivity index (χ1) is 15.3. The largest absolute Gasteiger partial charge is 0.491 e. The normalized spacial score (nSPS) is 13.3. The fourth-order valence-electron chi connectivity index (χ4n) is 3.00. The molecule has 182 valence electrons. The molecule has 0 bridgehead atoms. The van der Waals surface area contributed by atoms with Crippen LogP contribution in [0.4, 0.5) is 4.79 Å². The Hall–Kier alpha value is -2.31. The molecule has 2 aromatic rings. The molecule has 0 aliphatic heterocycles. The number of nitrogens with zero attached hydrogens (tertiary/aromatic N) is 1. The summed E-state index contributed by atoms with van der Waals surface area (Å²) in [6, 6.07) is 19.7. The first-order valence-corrected chi connectivity index (χ1v) is 14.6. The second-order valence-corrected chi connectivity index (χ2v) is 15.7. The zero-order chi connectivity index (χ0) is 24.7. The first kappa shape index (κ1) is 26.9. The van der Waals surface area contributed by atoms with Gasteiger partial charge in [-0.2, -0.15) is 0 Å². The third kappa shape index (κ3) is 9.22. The fraction of sp³-hybridized carbons (Fsp3) is 0.519. The van der Waals surface area contributed by atoms with Crippen molar-refractivity contribution in [2.45, 2.75) is 77.9 Å². The van der Waals surface area contributed by atoms with Gasteiger partial charge in [0.05, 0.1) is 12.6 Å². The molecule has 0 N–H and O–H groups in total. The topological polar surface area (TPSA) is 48.0 Å². The molecule has 0 saturated carbocycles. The number of benzene rings is 2. The highest BCUT2D eigenvalue weighted by Crippen LogP contribution is 2.37. The van der Waals surface area contributed by atoms with Crippen LogP contribution in [-0.2, 0) is 15.7 Å². The van der Waals surface area contributed by atoms with Crippen molar-refractivity contribution in [2.75, 3.05) is 13.2 Å². The maximum atomic E-state index is 13.2. The molecule has 1 atom stereocenters. The molecule has 5 nitrogen and oxygen atoms in total. The molecular weight excluding hydrogens is 430 g/mol. The van der Waals surface area contributed by atoms with E-state index in [1.54, 1.807) is 4.90 Å². The van der Waals surface area contributed by atoms with Crippen LogP contribution in [0.25, 0.3) is 0 Å². The SMILES string of the molecule is CC(C)(C)OC(=O)N(Cc1ccccc1)C[C@@H](COc1ccccc1)O[Si](C)(C)C(C)(C)C. The number of rotatable bonds is 9. The second kappa shape index (κ2) is 11.2. The van der Waals surface area contributed by atoms with E-state index in [2.05, 4.69) is 33.9 Å². The summed E-state index contributed by atoms with van der Waals surface area (Å²) in [7, 11) is -2.11. The summed E-state index contributed by atoms with van der Waals surface area (Å²) in [4.78, 5) is 14.9. The molecule has 6 heteroatoms. The standard InChI is InChI=1S/C27H41NO4Si/c1-26(2,3)31-25(29)28(19-22-15-11-9-12-16-22)20-24(32-33(7,8)27(4,5)6)21-30-23-17-13-10-14-18-23/h9-18,24H,19-21H2,1-8H3/t24-/m0/s1. The number of amides is 1. The molecule has 0 fully saturated rings. The van der Waals surface area contributed by atoms with Crippen molar-refractivity contribution in [3.8, 4) is 5.75 Å². The van der Waals surface area contributed by atoms with Crippen LogP contribution >= 0.6 is 0 Å². The van der Waals surface area contributed by atoms with Gasteiger partial charge in [-0.15, -0.1) is 0 Å². The van der Waals surface area contributed by atoms with E-state index in [1.807, 2.05) is 81.4 Å². The van der Waals surface area contributed by atoms with E-state index >= 15 is 0 Å². The smallest absolute Gasteiger partial charge is 0.410 e. The zero-order valence-electron chi connectivity index (χ0n) is 21.6. The van der Waals surface area contributed by atoms with Crippen LogP contribution in [0, 0.1) is 0 Å². The molecule has 0 unspecified atom stereocenters. The molecule has 0 spiro atoms. The molecule has 1 amide bonds. The summed E-state index contributed by atoms with van der Waals surface area (Å²) in [5.41, 5.74) is 0.459. The lowest BCUT2D eigenvalue weighted by atomic mass is 10.2. The van der Waals surface area contributed by atoms with Crippen LogP contribution in [-0.4, -0.2) is 44.2 Å². The predicted molar refractivity (Wildman–Crippen MR) is 137 cm³/mol. The Bertz CT molecular complexity index is 857. The summed E-state index contributed by atoms with van der Waals surface area (Å²) in [6.07, 6.45) is -0.641. The number of hydrogen-bond acceptors (Lipinski definition) is 4. The Morgan fingerprint density at radius 1 is 0.909 bits per heavy atom. The van der Waals surface area contributed by atoms with Gasteiger partial charge in [0.25, 0.3) is 0 Å². The summed E-state index contributed by atoms with van der Waals surface area (Å²) in [5, 5.41) is 0.0359. The van der Waals surface area contributed by atoms with Gasteiger partial charge in [-0.3, -0.25) is 0 Å². The van der Waals surface area contributed by atoms with Gasteiger partial charge in [0.15, 0.2) is 8.32 Å². The van der Waals surface area contributed by atoms with Crippen molar-refractivity contribution in [3.05, 3.63) is 66.2 Å². The highest BCUT2D eigenvalue weighted by molar-refractivity contribution is 6.74. The monoisotopic (exact) mass is 471 g/mol. The highest BCUT2D eigenvalue weighted by Gasteiger charge is 2.40. The minimum atomic E-state index is -2.11.